The van der Waals surface area contributed by atoms with Crippen molar-refractivity contribution in [1.82, 2.24) is 30.1 Å². The lowest BCUT2D eigenvalue weighted by molar-refractivity contribution is -0.432. The first-order valence-electron chi connectivity index (χ1n) is 19.4. The number of H-pyrrole nitrogens is 1. The van der Waals surface area contributed by atoms with Gasteiger partial charge in [0.05, 0.1) is 46.9 Å². The monoisotopic (exact) mass is 1130 g/mol. The minimum Gasteiger partial charge on any atom is -0.504 e. The van der Waals surface area contributed by atoms with Gasteiger partial charge in [0.25, 0.3) is 46.4 Å². The van der Waals surface area contributed by atoms with Crippen LogP contribution < -0.4 is 10.1 Å². The van der Waals surface area contributed by atoms with E-state index in [1.165, 1.54) is 42.8 Å². The first-order valence-corrected chi connectivity index (χ1v) is 28.2. The quantitative estimate of drug-likeness (QED) is 0.00726. The largest absolute Gasteiger partial charge is 0.504 e. The Labute approximate surface area is 420 Å². The van der Waals surface area contributed by atoms with Gasteiger partial charge in [-0.1, -0.05) is 40.7 Å². The highest BCUT2D eigenvalue weighted by Crippen LogP contribution is 2.42. The minimum atomic E-state index is -4.82. The molecule has 8 N–H and O–H groups in total. The zero-order valence-electron chi connectivity index (χ0n) is 36.6. The van der Waals surface area contributed by atoms with E-state index in [0.717, 1.165) is 24.3 Å². The smallest absolute Gasteiger partial charge is 0.298 e. The number of ether oxygens (including phenoxy) is 1. The number of fused-ring (bicyclic) bond motifs is 2. The number of rotatable bonds is 19. The number of aromatic hydroxyl groups is 1. The Morgan fingerprint density at radius 1 is 0.722 bits per heavy atom. The Balaban J connectivity index is 0.000000266. The summed E-state index contributed by atoms with van der Waals surface area (Å²) >= 11 is 3.06. The maximum Gasteiger partial charge on any atom is 0.298 e. The molecule has 382 valence electrons. The van der Waals surface area contributed by atoms with Crippen LogP contribution in [0.5, 0.6) is 11.5 Å². The highest BCUT2D eigenvalue weighted by atomic mass is 32.2. The number of phenolic OH excluding ortho intramolecular Hbond substituents is 1. The van der Waals surface area contributed by atoms with Crippen molar-refractivity contribution in [2.75, 3.05) is 30.2 Å². The van der Waals surface area contributed by atoms with Crippen molar-refractivity contribution in [3.63, 3.8) is 0 Å². The molecule has 5 aromatic carbocycles. The van der Waals surface area contributed by atoms with Crippen LogP contribution in [0.1, 0.15) is 12.2 Å². The number of nitrogens with zero attached hydrogens (tertiary/aromatic N) is 9. The van der Waals surface area contributed by atoms with Gasteiger partial charge in [-0.15, -0.1) is 19.7 Å². The Morgan fingerprint density at radius 3 is 2.01 bits per heavy atom. The molecule has 0 aliphatic heterocycles. The Hall–Kier alpha value is -6.06. The van der Waals surface area contributed by atoms with Gasteiger partial charge >= 0.3 is 0 Å². The van der Waals surface area contributed by atoms with E-state index in [2.05, 4.69) is 65.3 Å². The summed E-state index contributed by atoms with van der Waals surface area (Å²) in [4.78, 5) is 15.4. The fraction of sp³-hybridized carbons (Fsp3) is 0.162. The number of hydrogen-bond acceptors (Lipinski definition) is 26. The van der Waals surface area contributed by atoms with Crippen molar-refractivity contribution in [3.05, 3.63) is 78.6 Å². The van der Waals surface area contributed by atoms with Crippen LogP contribution in [0, 0.1) is 6.92 Å². The number of nitrogens with one attached hydrogen (secondary N) is 2. The molecule has 7 rings (SSSR count). The molecule has 0 fully saturated rings. The topological polar surface area (TPSA) is 427 Å². The van der Waals surface area contributed by atoms with Gasteiger partial charge in [-0.2, -0.15) is 63.8 Å². The fourth-order valence-corrected chi connectivity index (χ4v) is 10.2. The molecule has 0 saturated heterocycles. The number of benzene rings is 5. The summed E-state index contributed by atoms with van der Waals surface area (Å²) in [6, 6.07) is 16.3. The Morgan fingerprint density at radius 2 is 1.39 bits per heavy atom. The second-order valence-corrected chi connectivity index (χ2v) is 22.4. The van der Waals surface area contributed by atoms with Crippen molar-refractivity contribution >= 4 is 132 Å². The van der Waals surface area contributed by atoms with Gasteiger partial charge in [0.15, 0.2) is 16.1 Å². The number of phenols is 1. The molecule has 7 aromatic rings. The van der Waals surface area contributed by atoms with Gasteiger partial charge < -0.3 is 15.2 Å². The molecule has 0 aliphatic carbocycles. The van der Waals surface area contributed by atoms with Crippen LogP contribution in [0.15, 0.2) is 123 Å². The number of aryl methyl sites for hydroxylation is 1. The number of hydrogen-bond donors (Lipinski definition) is 8. The Kier molecular flexibility index (Phi) is 17.8. The molecule has 72 heavy (non-hydrogen) atoms. The number of aromatic amines is 1. The molecule has 35 heteroatoms. The highest BCUT2D eigenvalue weighted by molar-refractivity contribution is 7.99. The molecule has 28 nitrogen and oxygen atoms in total. The van der Waals surface area contributed by atoms with Crippen LogP contribution in [0.4, 0.5) is 34.6 Å². The molecule has 2 aromatic heterocycles. The fourth-order valence-electron chi connectivity index (χ4n) is 5.95. The average molecular weight is 1130 g/mol. The molecule has 0 saturated carbocycles. The van der Waals surface area contributed by atoms with E-state index in [-0.39, 0.29) is 45.1 Å². The first-order chi connectivity index (χ1) is 33.8. The molecule has 0 amide bonds. The van der Waals surface area contributed by atoms with E-state index < -0.39 is 66.6 Å². The summed E-state index contributed by atoms with van der Waals surface area (Å²) in [5, 5.41) is 48.7. The number of thioether (sulfide) groups is 2. The number of methoxy groups -OCH3 is 1. The summed E-state index contributed by atoms with van der Waals surface area (Å²) in [6.07, 6.45) is 2.01. The van der Waals surface area contributed by atoms with E-state index in [0.29, 0.717) is 62.1 Å². The third-order valence-electron chi connectivity index (χ3n) is 9.00. The SMILES string of the molecule is COc1cc(N=Nc2ccc3cc(SOOO)cc(S(=O)(=O)O)c3c2)ccc1Nc1nc(SC)nc(SCCCS(=O)(=O)O)n1.Cc1nc(N=Nc2c(O)c(S(=O)(=O)O)cc3ccc(S(=O)(=O)O)cc23)n[nH]1. The lowest BCUT2D eigenvalue weighted by Crippen LogP contribution is -2.06. The molecule has 0 radical (unpaired) electrons. The Bertz CT molecular complexity index is 3700. The van der Waals surface area contributed by atoms with Gasteiger partial charge in [-0.25, -0.2) is 5.26 Å². The number of azo groups is 2. The number of aromatic nitrogens is 6. The van der Waals surface area contributed by atoms with Gasteiger partial charge in [0, 0.05) is 27.5 Å². The van der Waals surface area contributed by atoms with E-state index in [9.17, 15) is 52.4 Å². The zero-order chi connectivity index (χ0) is 52.6. The van der Waals surface area contributed by atoms with Crippen molar-refractivity contribution < 1.29 is 76.4 Å². The van der Waals surface area contributed by atoms with Crippen molar-refractivity contribution in [2.45, 2.75) is 43.2 Å². The summed E-state index contributed by atoms with van der Waals surface area (Å²) in [6.45, 7) is 1.59. The van der Waals surface area contributed by atoms with Gasteiger partial charge in [0.2, 0.25) is 5.95 Å². The summed E-state index contributed by atoms with van der Waals surface area (Å²) in [7, 11) is -16.6. The first kappa shape index (κ1) is 55.3. The summed E-state index contributed by atoms with van der Waals surface area (Å²) < 4.78 is 139. The molecule has 0 aliphatic rings. The van der Waals surface area contributed by atoms with Crippen LogP contribution in [-0.4, -0.2) is 117 Å². The molecular weight excluding hydrogens is 1090 g/mol. The minimum absolute atomic E-state index is 0.0500. The lowest BCUT2D eigenvalue weighted by Gasteiger charge is -2.11. The third-order valence-corrected chi connectivity index (χ3v) is 14.5. The normalized spacial score (nSPS) is 12.4. The van der Waals surface area contributed by atoms with Crippen LogP contribution in [0.3, 0.4) is 0 Å². The van der Waals surface area contributed by atoms with Gasteiger partial charge in [0.1, 0.15) is 27.1 Å². The van der Waals surface area contributed by atoms with Crippen molar-refractivity contribution in [3.8, 4) is 11.5 Å². The molecule has 2 heterocycles. The number of anilines is 2. The second kappa shape index (κ2) is 23.2. The van der Waals surface area contributed by atoms with Crippen LogP contribution in [0.2, 0.25) is 0 Å². The van der Waals surface area contributed by atoms with E-state index in [1.54, 1.807) is 49.6 Å². The molecular formula is C37H35N11O17S7. The predicted molar refractivity (Wildman–Crippen MR) is 259 cm³/mol. The maximum atomic E-state index is 12.1. The third kappa shape index (κ3) is 15.0. The van der Waals surface area contributed by atoms with Crippen LogP contribution in [0.25, 0.3) is 21.5 Å². The van der Waals surface area contributed by atoms with E-state index >= 15 is 0 Å². The van der Waals surface area contributed by atoms with Crippen LogP contribution in [-0.2, 0) is 49.8 Å². The lowest BCUT2D eigenvalue weighted by atomic mass is 10.1. The summed E-state index contributed by atoms with van der Waals surface area (Å²) in [5.74, 6) is -0.0795. The second-order valence-electron chi connectivity index (χ2n) is 14.0. The standard InChI is InChI=1S/C24H24N6O10S5.C13H11N5O7S2/c1-38-20-12-16(6-7-19(20)25-22-26-23(41-2)28-24(27-22)42-8-3-9-44(32,33)34)30-29-15-5-4-14-10-17(43-40-39-31)13-21(18(14)11-15)45(35,36)37;1-6-14-13(17-15-6)18-16-11-9-5-8(26(20,21)22)3-2-7(9)4-10(12(11)19)27(23,24)25/h4-7,10-13,31H,3,8-9H2,1-2H3,(H,32,33,34)(H,35,36,37)(H,25,26,27,28);2-5,19H,1H3,(H,14,15,17)(H,20,21,22)(H,23,24,25). The van der Waals surface area contributed by atoms with E-state index in [1.807, 2.05) is 0 Å². The predicted octanol–water partition coefficient (Wildman–Crippen LogP) is 7.84. The van der Waals surface area contributed by atoms with Crippen molar-refractivity contribution in [1.29, 1.82) is 0 Å². The molecule has 0 bridgehead atoms. The van der Waals surface area contributed by atoms with Gasteiger partial charge in [-0.3, -0.25) is 23.3 Å². The highest BCUT2D eigenvalue weighted by Gasteiger charge is 2.24. The average Bonchev–Trinajstić information content (AvgIpc) is 3.74. The molecule has 0 atom stereocenters. The zero-order valence-corrected chi connectivity index (χ0v) is 42.3. The van der Waals surface area contributed by atoms with E-state index in [4.69, 9.17) is 14.5 Å². The van der Waals surface area contributed by atoms with Crippen LogP contribution >= 0.6 is 35.6 Å². The maximum absolute atomic E-state index is 12.1. The van der Waals surface area contributed by atoms with Gasteiger partial charge in [-0.05, 0) is 85.0 Å². The molecule has 0 spiro atoms. The molecule has 0 unspecified atom stereocenters. The van der Waals surface area contributed by atoms with Crippen molar-refractivity contribution in [2.24, 2.45) is 20.5 Å². The summed E-state index contributed by atoms with van der Waals surface area (Å²) in [5.41, 5.74) is 0.731.